The molecule has 1 N–H and O–H groups in total. The Labute approximate surface area is 99.1 Å². The Morgan fingerprint density at radius 1 is 1.47 bits per heavy atom. The van der Waals surface area contributed by atoms with E-state index in [9.17, 15) is 0 Å². The van der Waals surface area contributed by atoms with Gasteiger partial charge in [0, 0.05) is 25.7 Å². The highest BCUT2D eigenvalue weighted by Crippen LogP contribution is 2.19. The number of aromatic nitrogens is 4. The van der Waals surface area contributed by atoms with E-state index in [0.29, 0.717) is 24.4 Å². The van der Waals surface area contributed by atoms with Crippen LogP contribution in [0.15, 0.2) is 16.9 Å². The first-order valence-electron chi connectivity index (χ1n) is 5.82. The molecule has 0 saturated heterocycles. The van der Waals surface area contributed by atoms with Gasteiger partial charge in [-0.25, -0.2) is 4.98 Å². The first-order chi connectivity index (χ1) is 8.29. The van der Waals surface area contributed by atoms with Crippen LogP contribution in [0.2, 0.25) is 0 Å². The summed E-state index contributed by atoms with van der Waals surface area (Å²) in [5.41, 5.74) is 1.05. The molecule has 90 valence electrons. The van der Waals surface area contributed by atoms with Gasteiger partial charge in [0.15, 0.2) is 0 Å². The number of hydrogen-bond acceptors (Lipinski definition) is 5. The van der Waals surface area contributed by atoms with Crippen molar-refractivity contribution >= 4 is 0 Å². The highest BCUT2D eigenvalue weighted by molar-refractivity contribution is 4.99. The maximum atomic E-state index is 5.32. The second-order valence-electron chi connectivity index (χ2n) is 4.41. The number of nitrogens with zero attached hydrogens (tertiary/aromatic N) is 4. The third-order valence-electron chi connectivity index (χ3n) is 2.72. The summed E-state index contributed by atoms with van der Waals surface area (Å²) >= 11 is 0. The van der Waals surface area contributed by atoms with Crippen LogP contribution in [0.3, 0.4) is 0 Å². The van der Waals surface area contributed by atoms with Gasteiger partial charge in [0.1, 0.15) is 6.54 Å². The molecule has 3 rings (SSSR count). The van der Waals surface area contributed by atoms with E-state index in [4.69, 9.17) is 4.42 Å². The van der Waals surface area contributed by atoms with Gasteiger partial charge < -0.3 is 14.3 Å². The van der Waals surface area contributed by atoms with Crippen LogP contribution in [0.5, 0.6) is 0 Å². The van der Waals surface area contributed by atoms with Crippen molar-refractivity contribution in [1.82, 2.24) is 25.1 Å². The molecule has 2 aromatic rings. The number of imidazole rings is 1. The summed E-state index contributed by atoms with van der Waals surface area (Å²) in [4.78, 5) is 4.33. The largest absolute Gasteiger partial charge is 0.424 e. The van der Waals surface area contributed by atoms with Crippen molar-refractivity contribution in [2.45, 2.75) is 38.9 Å². The fourth-order valence-corrected chi connectivity index (χ4v) is 1.68. The van der Waals surface area contributed by atoms with Gasteiger partial charge in [-0.3, -0.25) is 0 Å². The maximum Gasteiger partial charge on any atom is 0.236 e. The number of aryl methyl sites for hydroxylation is 1. The van der Waals surface area contributed by atoms with Crippen molar-refractivity contribution in [3.05, 3.63) is 30.0 Å². The van der Waals surface area contributed by atoms with E-state index in [0.717, 1.165) is 12.2 Å². The van der Waals surface area contributed by atoms with Crippen molar-refractivity contribution < 1.29 is 4.42 Å². The van der Waals surface area contributed by atoms with Crippen LogP contribution in [0.4, 0.5) is 0 Å². The van der Waals surface area contributed by atoms with Gasteiger partial charge in [-0.15, -0.1) is 10.2 Å². The molecule has 2 heterocycles. The summed E-state index contributed by atoms with van der Waals surface area (Å²) in [6.45, 7) is 3.20. The zero-order valence-electron chi connectivity index (χ0n) is 9.76. The Hall–Kier alpha value is -1.69. The van der Waals surface area contributed by atoms with E-state index >= 15 is 0 Å². The fourth-order valence-electron chi connectivity index (χ4n) is 1.68. The van der Waals surface area contributed by atoms with Gasteiger partial charge in [-0.05, 0) is 12.8 Å². The van der Waals surface area contributed by atoms with Crippen LogP contribution in [-0.2, 0) is 13.1 Å². The SMILES string of the molecule is Cc1nnc(Cn2cnc(CNC3CC3)c2)o1. The maximum absolute atomic E-state index is 5.32. The zero-order valence-corrected chi connectivity index (χ0v) is 9.76. The molecule has 0 unspecified atom stereocenters. The lowest BCUT2D eigenvalue weighted by Crippen LogP contribution is -2.15. The molecule has 1 aliphatic carbocycles. The first-order valence-corrected chi connectivity index (χ1v) is 5.82. The molecule has 0 radical (unpaired) electrons. The van der Waals surface area contributed by atoms with Crippen LogP contribution in [-0.4, -0.2) is 25.8 Å². The second kappa shape index (κ2) is 4.29. The van der Waals surface area contributed by atoms with E-state index in [1.54, 1.807) is 13.3 Å². The Morgan fingerprint density at radius 2 is 2.35 bits per heavy atom. The van der Waals surface area contributed by atoms with Gasteiger partial charge in [0.25, 0.3) is 0 Å². The standard InChI is InChI=1S/C11H15N5O/c1-8-14-15-11(17-8)6-16-5-10(13-7-16)4-12-9-2-3-9/h5,7,9,12H,2-4,6H2,1H3. The van der Waals surface area contributed by atoms with Crippen molar-refractivity contribution in [1.29, 1.82) is 0 Å². The summed E-state index contributed by atoms with van der Waals surface area (Å²) < 4.78 is 7.27. The molecular weight excluding hydrogens is 218 g/mol. The van der Waals surface area contributed by atoms with Gasteiger partial charge in [-0.2, -0.15) is 0 Å². The normalized spacial score (nSPS) is 15.4. The van der Waals surface area contributed by atoms with Gasteiger partial charge in [0.2, 0.25) is 11.8 Å². The highest BCUT2D eigenvalue weighted by Gasteiger charge is 2.20. The average molecular weight is 233 g/mol. The van der Waals surface area contributed by atoms with E-state index in [1.807, 2.05) is 10.8 Å². The summed E-state index contributed by atoms with van der Waals surface area (Å²) in [6.07, 6.45) is 6.39. The van der Waals surface area contributed by atoms with Crippen LogP contribution in [0.25, 0.3) is 0 Å². The zero-order chi connectivity index (χ0) is 11.7. The van der Waals surface area contributed by atoms with Crippen LogP contribution < -0.4 is 5.32 Å². The molecule has 0 aromatic carbocycles. The van der Waals surface area contributed by atoms with Crippen molar-refractivity contribution in [2.75, 3.05) is 0 Å². The van der Waals surface area contributed by atoms with Crippen molar-refractivity contribution in [3.63, 3.8) is 0 Å². The summed E-state index contributed by atoms with van der Waals surface area (Å²) in [5, 5.41) is 11.2. The third-order valence-corrected chi connectivity index (χ3v) is 2.72. The fraction of sp³-hybridized carbons (Fsp3) is 0.545. The molecule has 1 fully saturated rings. The van der Waals surface area contributed by atoms with E-state index in [2.05, 4.69) is 20.5 Å². The second-order valence-corrected chi connectivity index (χ2v) is 4.41. The molecule has 1 aliphatic rings. The average Bonchev–Trinajstić information content (AvgIpc) is 2.90. The van der Waals surface area contributed by atoms with E-state index < -0.39 is 0 Å². The molecule has 0 aliphatic heterocycles. The lowest BCUT2D eigenvalue weighted by Gasteiger charge is -1.98. The van der Waals surface area contributed by atoms with Gasteiger partial charge >= 0.3 is 0 Å². The molecule has 0 amide bonds. The van der Waals surface area contributed by atoms with Crippen LogP contribution >= 0.6 is 0 Å². The Bertz CT molecular complexity index is 499. The van der Waals surface area contributed by atoms with E-state index in [-0.39, 0.29) is 0 Å². The quantitative estimate of drug-likeness (QED) is 0.830. The molecule has 6 nitrogen and oxygen atoms in total. The monoisotopic (exact) mass is 233 g/mol. The predicted octanol–water partition coefficient (Wildman–Crippen LogP) is 0.875. The molecule has 1 saturated carbocycles. The Morgan fingerprint density at radius 3 is 3.06 bits per heavy atom. The molecule has 6 heteroatoms. The molecular formula is C11H15N5O. The molecule has 2 aromatic heterocycles. The number of nitrogens with one attached hydrogen (secondary N) is 1. The Balaban J connectivity index is 1.59. The van der Waals surface area contributed by atoms with Crippen molar-refractivity contribution in [2.24, 2.45) is 0 Å². The predicted molar refractivity (Wildman–Crippen MR) is 60.2 cm³/mol. The highest BCUT2D eigenvalue weighted by atomic mass is 16.4. The smallest absolute Gasteiger partial charge is 0.236 e. The minimum atomic E-state index is 0.581. The Kier molecular flexibility index (Phi) is 2.64. The number of rotatable bonds is 5. The minimum Gasteiger partial charge on any atom is -0.424 e. The van der Waals surface area contributed by atoms with Gasteiger partial charge in [-0.1, -0.05) is 0 Å². The lowest BCUT2D eigenvalue weighted by atomic mass is 10.4. The molecule has 0 atom stereocenters. The summed E-state index contributed by atoms with van der Waals surface area (Å²) in [5.74, 6) is 1.21. The molecule has 0 spiro atoms. The topological polar surface area (TPSA) is 68.8 Å². The molecule has 17 heavy (non-hydrogen) atoms. The van der Waals surface area contributed by atoms with Gasteiger partial charge in [0.05, 0.1) is 12.0 Å². The summed E-state index contributed by atoms with van der Waals surface area (Å²) in [6, 6.07) is 0.707. The first kappa shape index (κ1) is 10.5. The van der Waals surface area contributed by atoms with Crippen LogP contribution in [0, 0.1) is 6.92 Å². The third kappa shape index (κ3) is 2.71. The lowest BCUT2D eigenvalue weighted by molar-refractivity contribution is 0.454. The molecule has 0 bridgehead atoms. The number of hydrogen-bond donors (Lipinski definition) is 1. The van der Waals surface area contributed by atoms with E-state index in [1.165, 1.54) is 12.8 Å². The summed E-state index contributed by atoms with van der Waals surface area (Å²) in [7, 11) is 0. The minimum absolute atomic E-state index is 0.581. The van der Waals surface area contributed by atoms with Crippen LogP contribution in [0.1, 0.15) is 30.3 Å². The van der Waals surface area contributed by atoms with Crippen molar-refractivity contribution in [3.8, 4) is 0 Å².